The van der Waals surface area contributed by atoms with Crippen LogP contribution in [0.25, 0.3) is 0 Å². The molecule has 1 aromatic carbocycles. The highest BCUT2D eigenvalue weighted by atomic mass is 32.1. The number of thiazole rings is 1. The van der Waals surface area contributed by atoms with Crippen molar-refractivity contribution in [1.82, 2.24) is 4.98 Å². The molecule has 1 aliphatic rings. The van der Waals surface area contributed by atoms with Crippen molar-refractivity contribution >= 4 is 28.1 Å². The lowest BCUT2D eigenvalue weighted by Crippen LogP contribution is -2.21. The second kappa shape index (κ2) is 5.96. The quantitative estimate of drug-likeness (QED) is 0.831. The molecule has 2 atom stereocenters. The van der Waals surface area contributed by atoms with Crippen LogP contribution in [0.3, 0.4) is 0 Å². The Balaban J connectivity index is 1.76. The van der Waals surface area contributed by atoms with Gasteiger partial charge in [0.25, 0.3) is 0 Å². The van der Waals surface area contributed by atoms with E-state index in [1.807, 2.05) is 24.4 Å². The number of cyclic esters (lactones) is 1. The van der Waals surface area contributed by atoms with E-state index < -0.39 is 5.60 Å². The number of esters is 1. The van der Waals surface area contributed by atoms with Gasteiger partial charge in [-0.1, -0.05) is 31.5 Å². The highest BCUT2D eigenvalue weighted by Gasteiger charge is 2.47. The fourth-order valence-corrected chi connectivity index (χ4v) is 3.69. The number of ether oxygens (including phenoxy) is 1. The number of hydrogen-bond acceptors (Lipinski definition) is 5. The summed E-state index contributed by atoms with van der Waals surface area (Å²) in [4.78, 5) is 16.7. The summed E-state index contributed by atoms with van der Waals surface area (Å²) in [6.45, 7) is 8.13. The Hall–Kier alpha value is -1.88. The van der Waals surface area contributed by atoms with Gasteiger partial charge in [0.15, 0.2) is 10.7 Å². The number of aryl methyl sites for hydroxylation is 1. The third-order valence-corrected chi connectivity index (χ3v) is 5.15. The number of aromatic nitrogens is 1. The van der Waals surface area contributed by atoms with Gasteiger partial charge in [-0.25, -0.2) is 4.98 Å². The maximum absolute atomic E-state index is 12.1. The fourth-order valence-electron chi connectivity index (χ4n) is 2.84. The van der Waals surface area contributed by atoms with Gasteiger partial charge >= 0.3 is 5.97 Å². The topological polar surface area (TPSA) is 51.2 Å². The molecule has 2 aromatic rings. The van der Waals surface area contributed by atoms with Crippen molar-refractivity contribution in [2.45, 2.75) is 39.7 Å². The van der Waals surface area contributed by atoms with Crippen molar-refractivity contribution in [3.8, 4) is 0 Å². The van der Waals surface area contributed by atoms with Gasteiger partial charge < -0.3 is 10.1 Å². The molecule has 0 spiro atoms. The van der Waals surface area contributed by atoms with E-state index in [4.69, 9.17) is 4.74 Å². The molecule has 1 saturated heterocycles. The lowest BCUT2D eigenvalue weighted by Gasteiger charge is -2.20. The van der Waals surface area contributed by atoms with Crippen LogP contribution in [0, 0.1) is 18.8 Å². The van der Waals surface area contributed by atoms with Gasteiger partial charge in [-0.15, -0.1) is 11.3 Å². The number of nitrogens with zero attached hydrogens (tertiary/aromatic N) is 1. The molecule has 5 heteroatoms. The number of carbonyl (C=O) groups is 1. The first-order chi connectivity index (χ1) is 10.9. The van der Waals surface area contributed by atoms with Gasteiger partial charge in [-0.2, -0.15) is 0 Å². The largest absolute Gasteiger partial charge is 0.453 e. The van der Waals surface area contributed by atoms with Crippen LogP contribution in [0.15, 0.2) is 29.6 Å². The Morgan fingerprint density at radius 1 is 1.35 bits per heavy atom. The minimum atomic E-state index is -0.615. The van der Waals surface area contributed by atoms with Gasteiger partial charge in [0.05, 0.1) is 11.6 Å². The smallest absolute Gasteiger partial charge is 0.310 e. The number of hydrogen-bond donors (Lipinski definition) is 1. The molecule has 3 rings (SSSR count). The molecule has 0 bridgehead atoms. The second-order valence-corrected chi connectivity index (χ2v) is 7.59. The Bertz CT molecular complexity index is 708. The molecule has 0 saturated carbocycles. The summed E-state index contributed by atoms with van der Waals surface area (Å²) in [6, 6.07) is 8.18. The maximum Gasteiger partial charge on any atom is 0.310 e. The summed E-state index contributed by atoms with van der Waals surface area (Å²) < 4.78 is 5.67. The van der Waals surface area contributed by atoms with E-state index in [1.54, 1.807) is 0 Å². The van der Waals surface area contributed by atoms with Crippen molar-refractivity contribution < 1.29 is 9.53 Å². The SMILES string of the molecule is Cc1ccc(Nc2nc(C3(C)CC(C(C)C)C(=O)O3)cs2)cc1. The minimum absolute atomic E-state index is 0.0461. The third-order valence-electron chi connectivity index (χ3n) is 4.39. The molecule has 1 aromatic heterocycles. The molecule has 2 heterocycles. The van der Waals surface area contributed by atoms with E-state index in [0.29, 0.717) is 6.42 Å². The molecule has 0 radical (unpaired) electrons. The second-order valence-electron chi connectivity index (χ2n) is 6.74. The van der Waals surface area contributed by atoms with E-state index in [9.17, 15) is 4.79 Å². The molecule has 1 N–H and O–H groups in total. The summed E-state index contributed by atoms with van der Waals surface area (Å²) in [6.07, 6.45) is 0.692. The highest BCUT2D eigenvalue weighted by molar-refractivity contribution is 7.13. The molecule has 122 valence electrons. The Labute approximate surface area is 140 Å². The normalized spacial score (nSPS) is 24.0. The van der Waals surface area contributed by atoms with Gasteiger partial charge in [0.2, 0.25) is 0 Å². The van der Waals surface area contributed by atoms with Crippen molar-refractivity contribution in [3.63, 3.8) is 0 Å². The number of nitrogens with one attached hydrogen (secondary N) is 1. The fraction of sp³-hybridized carbons (Fsp3) is 0.444. The standard InChI is InChI=1S/C18H22N2O2S/c1-11(2)14-9-18(4,22-16(14)21)15-10-23-17(20-15)19-13-7-5-12(3)6-8-13/h5-8,10-11,14H,9H2,1-4H3,(H,19,20). The van der Waals surface area contributed by atoms with E-state index in [-0.39, 0.29) is 17.8 Å². The molecule has 1 aliphatic heterocycles. The van der Waals surface area contributed by atoms with Crippen molar-refractivity contribution in [2.24, 2.45) is 11.8 Å². The Morgan fingerprint density at radius 2 is 2.04 bits per heavy atom. The molecule has 4 nitrogen and oxygen atoms in total. The lowest BCUT2D eigenvalue weighted by atomic mass is 9.87. The van der Waals surface area contributed by atoms with Crippen LogP contribution in [0.4, 0.5) is 10.8 Å². The van der Waals surface area contributed by atoms with Crippen LogP contribution in [-0.2, 0) is 15.1 Å². The van der Waals surface area contributed by atoms with Crippen LogP contribution < -0.4 is 5.32 Å². The van der Waals surface area contributed by atoms with Gasteiger partial charge in [0.1, 0.15) is 0 Å². The van der Waals surface area contributed by atoms with Crippen LogP contribution >= 0.6 is 11.3 Å². The molecular weight excluding hydrogens is 308 g/mol. The van der Waals surface area contributed by atoms with Gasteiger partial charge in [-0.3, -0.25) is 4.79 Å². The summed E-state index contributed by atoms with van der Waals surface area (Å²) >= 11 is 1.53. The predicted molar refractivity (Wildman–Crippen MR) is 93.0 cm³/mol. The third kappa shape index (κ3) is 3.24. The zero-order chi connectivity index (χ0) is 16.6. The number of benzene rings is 1. The zero-order valence-electron chi connectivity index (χ0n) is 13.9. The highest BCUT2D eigenvalue weighted by Crippen LogP contribution is 2.43. The van der Waals surface area contributed by atoms with E-state index in [2.05, 4.69) is 43.2 Å². The van der Waals surface area contributed by atoms with Crippen LogP contribution in [-0.4, -0.2) is 11.0 Å². The maximum atomic E-state index is 12.1. The Morgan fingerprint density at radius 3 is 2.65 bits per heavy atom. The molecule has 0 amide bonds. The molecule has 1 fully saturated rings. The van der Waals surface area contributed by atoms with Crippen LogP contribution in [0.5, 0.6) is 0 Å². The summed E-state index contributed by atoms with van der Waals surface area (Å²) in [7, 11) is 0. The first-order valence-corrected chi connectivity index (χ1v) is 8.78. The number of carbonyl (C=O) groups excluding carboxylic acids is 1. The van der Waals surface area contributed by atoms with Crippen molar-refractivity contribution in [3.05, 3.63) is 40.9 Å². The number of rotatable bonds is 4. The van der Waals surface area contributed by atoms with Crippen molar-refractivity contribution in [2.75, 3.05) is 5.32 Å². The summed E-state index contributed by atoms with van der Waals surface area (Å²) in [5, 5.41) is 6.10. The van der Waals surface area contributed by atoms with Gasteiger partial charge in [0, 0.05) is 17.5 Å². The summed E-state index contributed by atoms with van der Waals surface area (Å²) in [5.74, 6) is 0.131. The lowest BCUT2D eigenvalue weighted by molar-refractivity contribution is -0.151. The molecule has 23 heavy (non-hydrogen) atoms. The summed E-state index contributed by atoms with van der Waals surface area (Å²) in [5.41, 5.74) is 2.44. The molecule has 0 aliphatic carbocycles. The minimum Gasteiger partial charge on any atom is -0.453 e. The molecular formula is C18H22N2O2S. The van der Waals surface area contributed by atoms with Crippen molar-refractivity contribution in [1.29, 1.82) is 0 Å². The van der Waals surface area contributed by atoms with Crippen LogP contribution in [0.2, 0.25) is 0 Å². The number of anilines is 2. The molecule has 2 unspecified atom stereocenters. The monoisotopic (exact) mass is 330 g/mol. The van der Waals surface area contributed by atoms with E-state index in [1.165, 1.54) is 16.9 Å². The first-order valence-electron chi connectivity index (χ1n) is 7.90. The average Bonchev–Trinajstić information content (AvgIpc) is 3.07. The van der Waals surface area contributed by atoms with Crippen LogP contribution in [0.1, 0.15) is 38.4 Å². The Kier molecular flexibility index (Phi) is 4.15. The van der Waals surface area contributed by atoms with E-state index in [0.717, 1.165) is 16.5 Å². The average molecular weight is 330 g/mol. The first kappa shape index (κ1) is 16.0. The zero-order valence-corrected chi connectivity index (χ0v) is 14.7. The van der Waals surface area contributed by atoms with Gasteiger partial charge in [-0.05, 0) is 31.9 Å². The predicted octanol–water partition coefficient (Wildman–Crippen LogP) is 4.63. The van der Waals surface area contributed by atoms with E-state index >= 15 is 0 Å².